The van der Waals surface area contributed by atoms with E-state index in [1.807, 2.05) is 13.8 Å². The summed E-state index contributed by atoms with van der Waals surface area (Å²) >= 11 is 0. The number of pyridine rings is 1. The first kappa shape index (κ1) is 34.3. The monoisotopic (exact) mass is 526 g/mol. The summed E-state index contributed by atoms with van der Waals surface area (Å²) in [4.78, 5) is 6.84. The van der Waals surface area contributed by atoms with Crippen molar-refractivity contribution in [1.29, 1.82) is 0 Å². The van der Waals surface area contributed by atoms with Gasteiger partial charge in [-0.25, -0.2) is 0 Å². The molecule has 1 heterocycles. The number of aromatic nitrogens is 1. The van der Waals surface area contributed by atoms with Crippen LogP contribution >= 0.6 is 0 Å². The Morgan fingerprint density at radius 1 is 0.842 bits per heavy atom. The van der Waals surface area contributed by atoms with Gasteiger partial charge in [-0.3, -0.25) is 9.88 Å². The van der Waals surface area contributed by atoms with Crippen LogP contribution in [0.1, 0.15) is 111 Å². The molecule has 0 saturated carbocycles. The fourth-order valence-corrected chi connectivity index (χ4v) is 5.54. The summed E-state index contributed by atoms with van der Waals surface area (Å²) < 4.78 is 0. The molecule has 0 bridgehead atoms. The predicted molar refractivity (Wildman–Crippen MR) is 165 cm³/mol. The molecule has 0 radical (unpaired) electrons. The average molecular weight is 527 g/mol. The first-order valence-electron chi connectivity index (χ1n) is 15.1. The second-order valence-electron chi connectivity index (χ2n) is 11.9. The van der Waals surface area contributed by atoms with E-state index in [0.717, 1.165) is 23.9 Å². The molecule has 0 atom stereocenters. The molecule has 0 amide bonds. The zero-order valence-corrected chi connectivity index (χ0v) is 26.1. The Morgan fingerprint density at radius 3 is 1.89 bits per heavy atom. The molecule has 0 saturated heterocycles. The van der Waals surface area contributed by atoms with Crippen LogP contribution in [0, 0.1) is 12.8 Å². The minimum Gasteiger partial charge on any atom is -0.395 e. The Bertz CT molecular complexity index is 896. The van der Waals surface area contributed by atoms with Crippen LogP contribution in [0.15, 0.2) is 36.4 Å². The Hall–Kier alpha value is -1.75. The second kappa shape index (κ2) is 17.0. The van der Waals surface area contributed by atoms with Gasteiger partial charge < -0.3 is 10.2 Å². The number of aliphatic hydroxyl groups excluding tert-OH is 2. The molecule has 2 aromatic rings. The van der Waals surface area contributed by atoms with E-state index in [-0.39, 0.29) is 24.0 Å². The zero-order chi connectivity index (χ0) is 28.8. The molecule has 1 aromatic heterocycles. The number of fused-ring (bicyclic) bond motifs is 1. The largest absolute Gasteiger partial charge is 0.395 e. The highest BCUT2D eigenvalue weighted by molar-refractivity contribution is 5.63. The maximum atomic E-state index is 8.91. The summed E-state index contributed by atoms with van der Waals surface area (Å²) in [6, 6.07) is 13.2. The molecular formula is C34H58N2O2. The van der Waals surface area contributed by atoms with Crippen LogP contribution in [0.4, 0.5) is 0 Å². The molecule has 216 valence electrons. The predicted octanol–water partition coefficient (Wildman–Crippen LogP) is 7.92. The van der Waals surface area contributed by atoms with Crippen LogP contribution in [0.25, 0.3) is 11.3 Å². The van der Waals surface area contributed by atoms with E-state index >= 15 is 0 Å². The van der Waals surface area contributed by atoms with Crippen molar-refractivity contribution in [3.8, 4) is 11.3 Å². The van der Waals surface area contributed by atoms with Crippen molar-refractivity contribution in [1.82, 2.24) is 9.88 Å². The number of benzene rings is 1. The molecule has 2 N–H and O–H groups in total. The normalized spacial score (nSPS) is 15.3. The fourth-order valence-electron chi connectivity index (χ4n) is 5.54. The third-order valence-electron chi connectivity index (χ3n) is 7.78. The highest BCUT2D eigenvalue weighted by atomic mass is 16.3. The Kier molecular flexibility index (Phi) is 15.4. The summed E-state index contributed by atoms with van der Waals surface area (Å²) in [6.07, 6.45) is 7.45. The van der Waals surface area contributed by atoms with Crippen molar-refractivity contribution >= 4 is 0 Å². The van der Waals surface area contributed by atoms with Gasteiger partial charge in [0.05, 0.1) is 18.9 Å². The van der Waals surface area contributed by atoms with Crippen molar-refractivity contribution < 1.29 is 10.2 Å². The summed E-state index contributed by atoms with van der Waals surface area (Å²) in [7, 11) is 0. The van der Waals surface area contributed by atoms with Gasteiger partial charge in [0.25, 0.3) is 0 Å². The average Bonchev–Trinajstić information content (AvgIpc) is 2.89. The maximum Gasteiger partial charge on any atom is 0.0705 e. The van der Waals surface area contributed by atoms with Crippen LogP contribution in [0.2, 0.25) is 0 Å². The highest BCUT2D eigenvalue weighted by Gasteiger charge is 2.37. The molecule has 38 heavy (non-hydrogen) atoms. The minimum atomic E-state index is 0.185. The topological polar surface area (TPSA) is 56.6 Å². The quantitative estimate of drug-likeness (QED) is 0.312. The molecule has 0 unspecified atom stereocenters. The fraction of sp³-hybridized carbons (Fsp3) is 0.676. The van der Waals surface area contributed by atoms with Gasteiger partial charge in [-0.15, -0.1) is 0 Å². The summed E-state index contributed by atoms with van der Waals surface area (Å²) in [6.45, 7) is 22.7. The molecule has 1 aliphatic carbocycles. The van der Waals surface area contributed by atoms with Crippen molar-refractivity contribution in [3.05, 3.63) is 53.2 Å². The van der Waals surface area contributed by atoms with E-state index in [4.69, 9.17) is 10.2 Å². The summed E-state index contributed by atoms with van der Waals surface area (Å²) in [5.41, 5.74) is 6.94. The van der Waals surface area contributed by atoms with Crippen molar-refractivity contribution in [2.45, 2.75) is 112 Å². The number of aliphatic hydroxyl groups is 2. The molecular weight excluding hydrogens is 468 g/mol. The molecule has 0 aliphatic heterocycles. The molecule has 0 spiro atoms. The van der Waals surface area contributed by atoms with Crippen molar-refractivity contribution in [2.24, 2.45) is 5.92 Å². The number of rotatable bonds is 11. The molecule has 4 nitrogen and oxygen atoms in total. The summed E-state index contributed by atoms with van der Waals surface area (Å²) in [5.74, 6) is 0.720. The van der Waals surface area contributed by atoms with Gasteiger partial charge in [-0.2, -0.15) is 0 Å². The third-order valence-corrected chi connectivity index (χ3v) is 7.78. The number of hydrogen-bond acceptors (Lipinski definition) is 4. The molecule has 1 aliphatic rings. The smallest absolute Gasteiger partial charge is 0.0705 e. The number of hydrogen-bond donors (Lipinski definition) is 2. The Balaban J connectivity index is 0.000000378. The van der Waals surface area contributed by atoms with E-state index in [1.165, 1.54) is 55.2 Å². The Morgan fingerprint density at radius 2 is 1.39 bits per heavy atom. The lowest BCUT2D eigenvalue weighted by atomic mass is 9.63. The lowest BCUT2D eigenvalue weighted by Gasteiger charge is -2.42. The first-order valence-corrected chi connectivity index (χ1v) is 15.1. The molecule has 3 rings (SSSR count). The van der Waals surface area contributed by atoms with Crippen LogP contribution in [-0.2, 0) is 10.8 Å². The van der Waals surface area contributed by atoms with E-state index in [2.05, 4.69) is 94.7 Å². The van der Waals surface area contributed by atoms with Gasteiger partial charge in [-0.05, 0) is 78.7 Å². The van der Waals surface area contributed by atoms with Crippen LogP contribution in [0.3, 0.4) is 0 Å². The van der Waals surface area contributed by atoms with Crippen LogP contribution in [-0.4, -0.2) is 52.9 Å². The van der Waals surface area contributed by atoms with Gasteiger partial charge in [0.2, 0.25) is 0 Å². The van der Waals surface area contributed by atoms with Gasteiger partial charge in [0, 0.05) is 30.9 Å². The van der Waals surface area contributed by atoms with Gasteiger partial charge >= 0.3 is 0 Å². The van der Waals surface area contributed by atoms with E-state index in [9.17, 15) is 0 Å². The maximum absolute atomic E-state index is 8.91. The lowest BCUT2D eigenvalue weighted by Crippen LogP contribution is -2.34. The SMILES string of the molecule is CC.CCCC(CCC)CN(CCO)CCO.Cc1cccc(-c2ccc3c(c2)C(C)(C)CCC3(C)C)n1. The van der Waals surface area contributed by atoms with E-state index < -0.39 is 0 Å². The molecule has 0 fully saturated rings. The number of nitrogens with zero attached hydrogens (tertiary/aromatic N) is 2. The van der Waals surface area contributed by atoms with Gasteiger partial charge in [0.15, 0.2) is 0 Å². The van der Waals surface area contributed by atoms with Gasteiger partial charge in [0.1, 0.15) is 0 Å². The zero-order valence-electron chi connectivity index (χ0n) is 26.1. The highest BCUT2D eigenvalue weighted by Crippen LogP contribution is 2.46. The van der Waals surface area contributed by atoms with Crippen molar-refractivity contribution in [3.63, 3.8) is 0 Å². The first-order chi connectivity index (χ1) is 18.1. The Labute approximate surface area is 234 Å². The summed E-state index contributed by atoms with van der Waals surface area (Å²) in [5, 5.41) is 17.8. The van der Waals surface area contributed by atoms with E-state index in [0.29, 0.717) is 13.1 Å². The standard InChI is InChI=1S/C20H25N.C12H27NO2.C2H6/c1-14-7-6-8-18(21-14)15-9-10-16-17(13-15)20(4,5)12-11-19(16,2)3;1-3-5-12(6-4-2)11-13(7-9-14)8-10-15;1-2/h6-10,13H,11-12H2,1-5H3;12,14-15H,3-11H2,1-2H3;1-2H3. The van der Waals surface area contributed by atoms with Crippen LogP contribution in [0.5, 0.6) is 0 Å². The van der Waals surface area contributed by atoms with Gasteiger partial charge in [-0.1, -0.05) is 86.4 Å². The minimum absolute atomic E-state index is 0.185. The third kappa shape index (κ3) is 10.4. The lowest BCUT2D eigenvalue weighted by molar-refractivity contribution is 0.139. The van der Waals surface area contributed by atoms with Crippen LogP contribution < -0.4 is 0 Å². The number of aryl methyl sites for hydroxylation is 1. The van der Waals surface area contributed by atoms with E-state index in [1.54, 1.807) is 0 Å². The molecule has 4 heteroatoms. The van der Waals surface area contributed by atoms with Crippen molar-refractivity contribution in [2.75, 3.05) is 32.8 Å². The molecule has 1 aromatic carbocycles. The second-order valence-corrected chi connectivity index (χ2v) is 11.9.